The fourth-order valence-corrected chi connectivity index (χ4v) is 2.25. The third-order valence-corrected chi connectivity index (χ3v) is 2.40. The molecule has 0 saturated carbocycles. The number of rotatable bonds is 5. The van der Waals surface area contributed by atoms with E-state index < -0.39 is 0 Å². The molecular weight excluding hydrogens is 241 g/mol. The zero-order valence-electron chi connectivity index (χ0n) is 9.98. The standard InChI is InChI=1S/C10H21N3Se/c1-8(2)13(9(3)4)10(14)11-7-12(5)6/h7-9H,1-6H3/b11-7+. The molecule has 0 aromatic rings. The summed E-state index contributed by atoms with van der Waals surface area (Å²) in [4.78, 5) is 8.53. The van der Waals surface area contributed by atoms with Gasteiger partial charge < -0.3 is 0 Å². The van der Waals surface area contributed by atoms with Crippen molar-refractivity contribution in [3.63, 3.8) is 0 Å². The SMILES string of the molecule is CC(C)N(C(=[Se])/N=C/N(C)C)C(C)C. The van der Waals surface area contributed by atoms with Crippen LogP contribution in [0.1, 0.15) is 27.7 Å². The Labute approximate surface area is 95.5 Å². The summed E-state index contributed by atoms with van der Waals surface area (Å²) in [6.45, 7) is 8.68. The molecule has 0 unspecified atom stereocenters. The molecule has 4 heteroatoms. The number of hydrogen-bond acceptors (Lipinski definition) is 2. The fraction of sp³-hybridized carbons (Fsp3) is 0.800. The van der Waals surface area contributed by atoms with Gasteiger partial charge >= 0.3 is 95.2 Å². The summed E-state index contributed by atoms with van der Waals surface area (Å²) < 4.78 is 0.948. The molecule has 3 nitrogen and oxygen atoms in total. The Morgan fingerprint density at radius 2 is 1.57 bits per heavy atom. The van der Waals surface area contributed by atoms with Crippen molar-refractivity contribution in [2.24, 2.45) is 4.99 Å². The summed E-state index contributed by atoms with van der Waals surface area (Å²) in [7, 11) is 3.93. The van der Waals surface area contributed by atoms with E-state index in [1.807, 2.05) is 25.3 Å². The molecule has 0 atom stereocenters. The van der Waals surface area contributed by atoms with Gasteiger partial charge in [-0.15, -0.1) is 0 Å². The van der Waals surface area contributed by atoms with Gasteiger partial charge in [-0.2, -0.15) is 0 Å². The van der Waals surface area contributed by atoms with Gasteiger partial charge in [-0.1, -0.05) is 0 Å². The molecule has 0 heterocycles. The van der Waals surface area contributed by atoms with E-state index in [-0.39, 0.29) is 0 Å². The summed E-state index contributed by atoms with van der Waals surface area (Å²) in [6, 6.07) is 0.927. The van der Waals surface area contributed by atoms with Crippen molar-refractivity contribution < 1.29 is 0 Å². The molecule has 0 aliphatic carbocycles. The molecule has 0 saturated heterocycles. The number of nitrogens with zero attached hydrogens (tertiary/aromatic N) is 3. The Morgan fingerprint density at radius 1 is 1.14 bits per heavy atom. The van der Waals surface area contributed by atoms with Crippen molar-refractivity contribution in [1.82, 2.24) is 9.80 Å². The average molecular weight is 262 g/mol. The molecule has 0 fully saturated rings. The average Bonchev–Trinajstić information content (AvgIpc) is 1.99. The van der Waals surface area contributed by atoms with Crippen molar-refractivity contribution in [2.75, 3.05) is 14.1 Å². The fourth-order valence-electron chi connectivity index (χ4n) is 1.27. The number of hydrogen-bond donors (Lipinski definition) is 0. The van der Waals surface area contributed by atoms with Crippen LogP contribution < -0.4 is 0 Å². The van der Waals surface area contributed by atoms with Crippen molar-refractivity contribution in [3.8, 4) is 0 Å². The zero-order valence-corrected chi connectivity index (χ0v) is 11.7. The van der Waals surface area contributed by atoms with Crippen molar-refractivity contribution in [3.05, 3.63) is 0 Å². The third-order valence-electron chi connectivity index (χ3n) is 1.73. The first kappa shape index (κ1) is 13.7. The van der Waals surface area contributed by atoms with Gasteiger partial charge in [-0.05, 0) is 0 Å². The van der Waals surface area contributed by atoms with Crippen LogP contribution in [0.4, 0.5) is 0 Å². The van der Waals surface area contributed by atoms with Crippen LogP contribution in [0.15, 0.2) is 4.99 Å². The van der Waals surface area contributed by atoms with E-state index in [0.29, 0.717) is 12.1 Å². The first-order valence-corrected chi connectivity index (χ1v) is 5.74. The maximum absolute atomic E-state index is 4.35. The van der Waals surface area contributed by atoms with E-state index in [2.05, 4.69) is 53.2 Å². The van der Waals surface area contributed by atoms with Crippen molar-refractivity contribution >= 4 is 26.6 Å². The van der Waals surface area contributed by atoms with E-state index in [1.165, 1.54) is 0 Å². The van der Waals surface area contributed by atoms with Crippen LogP contribution in [0.5, 0.6) is 0 Å². The van der Waals surface area contributed by atoms with Gasteiger partial charge in [0.25, 0.3) is 0 Å². The summed E-state index contributed by atoms with van der Waals surface area (Å²) in [5.74, 6) is 0. The van der Waals surface area contributed by atoms with Crippen LogP contribution in [0.2, 0.25) is 0 Å². The first-order valence-electron chi connectivity index (χ1n) is 4.89. The summed E-state index contributed by atoms with van der Waals surface area (Å²) in [5.41, 5.74) is 0. The zero-order chi connectivity index (χ0) is 11.3. The Kier molecular flexibility index (Phi) is 6.05. The minimum atomic E-state index is 0.463. The second-order valence-corrected chi connectivity index (χ2v) is 4.85. The second kappa shape index (κ2) is 6.20. The van der Waals surface area contributed by atoms with Crippen LogP contribution in [-0.4, -0.2) is 62.6 Å². The molecule has 0 N–H and O–H groups in total. The quantitative estimate of drug-likeness (QED) is 0.417. The third kappa shape index (κ3) is 4.77. The van der Waals surface area contributed by atoms with E-state index in [4.69, 9.17) is 0 Å². The van der Waals surface area contributed by atoms with Gasteiger partial charge in [0.05, 0.1) is 0 Å². The second-order valence-electron chi connectivity index (χ2n) is 4.09. The van der Waals surface area contributed by atoms with E-state index in [0.717, 1.165) is 4.67 Å². The van der Waals surface area contributed by atoms with Gasteiger partial charge in [0.1, 0.15) is 0 Å². The Morgan fingerprint density at radius 3 is 1.86 bits per heavy atom. The summed E-state index contributed by atoms with van der Waals surface area (Å²) in [5, 5.41) is 0. The van der Waals surface area contributed by atoms with Crippen molar-refractivity contribution in [2.45, 2.75) is 39.8 Å². The number of aliphatic imine (C=N–C) groups is 1. The van der Waals surface area contributed by atoms with E-state index >= 15 is 0 Å². The van der Waals surface area contributed by atoms with Crippen LogP contribution in [0, 0.1) is 0 Å². The molecule has 0 aromatic heterocycles. The monoisotopic (exact) mass is 263 g/mol. The molecule has 0 amide bonds. The molecule has 0 aliphatic rings. The van der Waals surface area contributed by atoms with Crippen molar-refractivity contribution in [1.29, 1.82) is 0 Å². The van der Waals surface area contributed by atoms with Crippen LogP contribution in [0.3, 0.4) is 0 Å². The molecule has 14 heavy (non-hydrogen) atoms. The Bertz CT molecular complexity index is 201. The molecule has 0 radical (unpaired) electrons. The van der Waals surface area contributed by atoms with Gasteiger partial charge in [0.2, 0.25) is 0 Å². The Balaban J connectivity index is 4.46. The van der Waals surface area contributed by atoms with Gasteiger partial charge in [-0.25, -0.2) is 0 Å². The predicted octanol–water partition coefficient (Wildman–Crippen LogP) is 0.951. The Hall–Kier alpha value is -0.341. The summed E-state index contributed by atoms with van der Waals surface area (Å²) in [6.07, 6.45) is 1.81. The van der Waals surface area contributed by atoms with Gasteiger partial charge in [0, 0.05) is 0 Å². The van der Waals surface area contributed by atoms with Crippen LogP contribution in [0.25, 0.3) is 0 Å². The van der Waals surface area contributed by atoms with E-state index in [9.17, 15) is 0 Å². The predicted molar refractivity (Wildman–Crippen MR) is 65.1 cm³/mol. The van der Waals surface area contributed by atoms with Gasteiger partial charge in [0.15, 0.2) is 0 Å². The molecule has 0 spiro atoms. The molecule has 82 valence electrons. The maximum atomic E-state index is 4.35. The van der Waals surface area contributed by atoms with Crippen LogP contribution >= 0.6 is 0 Å². The topological polar surface area (TPSA) is 18.8 Å². The molecule has 0 bridgehead atoms. The minimum absolute atomic E-state index is 0.463. The summed E-state index contributed by atoms with van der Waals surface area (Å²) >= 11 is 3.01. The van der Waals surface area contributed by atoms with Gasteiger partial charge in [-0.3, -0.25) is 0 Å². The molecule has 0 aromatic carbocycles. The van der Waals surface area contributed by atoms with E-state index in [1.54, 1.807) is 0 Å². The van der Waals surface area contributed by atoms with Crippen LogP contribution in [-0.2, 0) is 0 Å². The molecular formula is C10H21N3Se. The molecule has 0 rings (SSSR count). The normalized spacial score (nSPS) is 11.4. The molecule has 0 aliphatic heterocycles. The first-order chi connectivity index (χ1) is 6.36.